The highest BCUT2D eigenvalue weighted by atomic mass is 79.9. The highest BCUT2D eigenvalue weighted by Crippen LogP contribution is 2.24. The minimum Gasteiger partial charge on any atom is -0.321 e. The zero-order chi connectivity index (χ0) is 11.6. The molecule has 0 aromatic carbocycles. The second-order valence-corrected chi connectivity index (χ2v) is 7.24. The van der Waals surface area contributed by atoms with Gasteiger partial charge in [0.2, 0.25) is 0 Å². The largest absolute Gasteiger partial charge is 0.321 e. The van der Waals surface area contributed by atoms with Gasteiger partial charge in [-0.05, 0) is 33.5 Å². The van der Waals surface area contributed by atoms with Crippen LogP contribution in [0.3, 0.4) is 0 Å². The summed E-state index contributed by atoms with van der Waals surface area (Å²) in [7, 11) is 0. The maximum absolute atomic E-state index is 11.8. The van der Waals surface area contributed by atoms with E-state index in [9.17, 15) is 4.79 Å². The van der Waals surface area contributed by atoms with Crippen molar-refractivity contribution in [1.82, 2.24) is 0 Å². The van der Waals surface area contributed by atoms with Gasteiger partial charge >= 0.3 is 0 Å². The molecular formula is C11H16BrNOS. The number of carbonyl (C=O) groups excluding carboxylic acids is 1. The van der Waals surface area contributed by atoms with Crippen LogP contribution in [0.25, 0.3) is 0 Å². The van der Waals surface area contributed by atoms with Crippen LogP contribution in [0.4, 0.5) is 0 Å². The van der Waals surface area contributed by atoms with Gasteiger partial charge in [-0.15, -0.1) is 11.3 Å². The topological polar surface area (TPSA) is 43.1 Å². The van der Waals surface area contributed by atoms with Gasteiger partial charge in [-0.25, -0.2) is 0 Å². The Kier molecular flexibility index (Phi) is 4.09. The number of ketones is 1. The van der Waals surface area contributed by atoms with Crippen LogP contribution < -0.4 is 5.73 Å². The van der Waals surface area contributed by atoms with E-state index in [0.717, 1.165) is 8.66 Å². The van der Waals surface area contributed by atoms with E-state index in [-0.39, 0.29) is 11.2 Å². The first-order chi connectivity index (χ1) is 6.80. The molecule has 2 N–H and O–H groups in total. The van der Waals surface area contributed by atoms with E-state index in [4.69, 9.17) is 5.73 Å². The van der Waals surface area contributed by atoms with Crippen LogP contribution in [0.1, 0.15) is 25.6 Å². The van der Waals surface area contributed by atoms with E-state index in [1.54, 1.807) is 11.3 Å². The highest BCUT2D eigenvalue weighted by molar-refractivity contribution is 9.11. The Morgan fingerprint density at radius 1 is 1.53 bits per heavy atom. The minimum atomic E-state index is -0.390. The number of hydrogen-bond donors (Lipinski definition) is 1. The molecule has 1 unspecified atom stereocenters. The van der Waals surface area contributed by atoms with Crippen molar-refractivity contribution >= 4 is 33.0 Å². The number of hydrogen-bond acceptors (Lipinski definition) is 3. The van der Waals surface area contributed by atoms with Gasteiger partial charge in [-0.2, -0.15) is 0 Å². The molecule has 0 spiro atoms. The SMILES string of the molecule is CC(C)(C)C(N)C(=O)Cc1ccc(Br)s1. The lowest BCUT2D eigenvalue weighted by atomic mass is 9.84. The lowest BCUT2D eigenvalue weighted by Crippen LogP contribution is -2.42. The predicted octanol–water partition coefficient (Wildman–Crippen LogP) is 3.00. The van der Waals surface area contributed by atoms with E-state index < -0.39 is 6.04 Å². The van der Waals surface area contributed by atoms with Gasteiger partial charge in [-0.3, -0.25) is 4.79 Å². The lowest BCUT2D eigenvalue weighted by molar-refractivity contribution is -0.121. The molecule has 15 heavy (non-hydrogen) atoms. The van der Waals surface area contributed by atoms with Gasteiger partial charge < -0.3 is 5.73 Å². The number of Topliss-reactive ketones (excluding diaryl/α,β-unsaturated/α-hetero) is 1. The fourth-order valence-electron chi connectivity index (χ4n) is 1.21. The molecule has 1 aromatic heterocycles. The summed E-state index contributed by atoms with van der Waals surface area (Å²) in [6.45, 7) is 5.96. The molecular weight excluding hydrogens is 274 g/mol. The summed E-state index contributed by atoms with van der Waals surface area (Å²) < 4.78 is 1.05. The number of nitrogens with two attached hydrogens (primary N) is 1. The smallest absolute Gasteiger partial charge is 0.155 e. The summed E-state index contributed by atoms with van der Waals surface area (Å²) >= 11 is 4.96. The molecule has 0 fully saturated rings. The standard InChI is InChI=1S/C11H16BrNOS/c1-11(2,3)10(13)8(14)6-7-4-5-9(12)15-7/h4-5,10H,6,13H2,1-3H3. The van der Waals surface area contributed by atoms with E-state index >= 15 is 0 Å². The number of thiophene rings is 1. The Morgan fingerprint density at radius 3 is 2.53 bits per heavy atom. The molecule has 1 rings (SSSR count). The second-order valence-electron chi connectivity index (χ2n) is 4.69. The third kappa shape index (κ3) is 3.70. The Balaban J connectivity index is 2.64. The van der Waals surface area contributed by atoms with Crippen LogP contribution in [0.2, 0.25) is 0 Å². The van der Waals surface area contributed by atoms with Crippen molar-refractivity contribution in [3.63, 3.8) is 0 Å². The number of halogens is 1. The molecule has 0 aliphatic heterocycles. The van der Waals surface area contributed by atoms with E-state index in [0.29, 0.717) is 6.42 Å². The maximum Gasteiger partial charge on any atom is 0.155 e. The third-order valence-electron chi connectivity index (χ3n) is 2.26. The average Bonchev–Trinajstić information content (AvgIpc) is 2.48. The third-order valence-corrected chi connectivity index (χ3v) is 3.88. The van der Waals surface area contributed by atoms with Crippen molar-refractivity contribution in [2.24, 2.45) is 11.1 Å². The molecule has 0 bridgehead atoms. The summed E-state index contributed by atoms with van der Waals surface area (Å²) in [6.07, 6.45) is 0.439. The fourth-order valence-corrected chi connectivity index (χ4v) is 2.70. The van der Waals surface area contributed by atoms with Crippen molar-refractivity contribution in [3.05, 3.63) is 20.8 Å². The van der Waals surface area contributed by atoms with Crippen LogP contribution in [-0.4, -0.2) is 11.8 Å². The highest BCUT2D eigenvalue weighted by Gasteiger charge is 2.27. The zero-order valence-electron chi connectivity index (χ0n) is 9.21. The van der Waals surface area contributed by atoms with E-state index in [1.165, 1.54) is 0 Å². The molecule has 1 atom stereocenters. The Morgan fingerprint density at radius 2 is 2.13 bits per heavy atom. The van der Waals surface area contributed by atoms with Crippen molar-refractivity contribution in [2.45, 2.75) is 33.2 Å². The summed E-state index contributed by atoms with van der Waals surface area (Å²) in [6, 6.07) is 3.52. The van der Waals surface area contributed by atoms with Gasteiger partial charge in [0, 0.05) is 11.3 Å². The van der Waals surface area contributed by atoms with Crippen molar-refractivity contribution in [1.29, 1.82) is 0 Å². The predicted molar refractivity (Wildman–Crippen MR) is 68.2 cm³/mol. The van der Waals surface area contributed by atoms with Gasteiger partial charge in [0.1, 0.15) is 0 Å². The molecule has 1 aromatic rings. The zero-order valence-corrected chi connectivity index (χ0v) is 11.6. The molecule has 1 heterocycles. The Bertz CT molecular complexity index is 354. The average molecular weight is 290 g/mol. The normalized spacial score (nSPS) is 13.9. The van der Waals surface area contributed by atoms with Crippen LogP contribution in [-0.2, 0) is 11.2 Å². The molecule has 0 aliphatic carbocycles. The quantitative estimate of drug-likeness (QED) is 0.930. The molecule has 0 saturated heterocycles. The maximum atomic E-state index is 11.8. The molecule has 84 valence electrons. The lowest BCUT2D eigenvalue weighted by Gasteiger charge is -2.25. The first kappa shape index (κ1) is 12.9. The molecule has 2 nitrogen and oxygen atoms in total. The van der Waals surface area contributed by atoms with Gasteiger partial charge in [0.05, 0.1) is 9.83 Å². The summed E-state index contributed by atoms with van der Waals surface area (Å²) in [5, 5.41) is 0. The van der Waals surface area contributed by atoms with Crippen LogP contribution >= 0.6 is 27.3 Å². The molecule has 0 amide bonds. The fraction of sp³-hybridized carbons (Fsp3) is 0.545. The minimum absolute atomic E-state index is 0.108. The van der Waals surface area contributed by atoms with Crippen molar-refractivity contribution in [3.8, 4) is 0 Å². The van der Waals surface area contributed by atoms with Crippen molar-refractivity contribution < 1.29 is 4.79 Å². The summed E-state index contributed by atoms with van der Waals surface area (Å²) in [4.78, 5) is 12.9. The van der Waals surface area contributed by atoms with Crippen LogP contribution in [0, 0.1) is 5.41 Å². The molecule has 4 heteroatoms. The summed E-state index contributed by atoms with van der Waals surface area (Å²) in [5.41, 5.74) is 5.73. The van der Waals surface area contributed by atoms with Crippen LogP contribution in [0.15, 0.2) is 15.9 Å². The van der Waals surface area contributed by atoms with Gasteiger partial charge in [0.25, 0.3) is 0 Å². The van der Waals surface area contributed by atoms with Gasteiger partial charge in [-0.1, -0.05) is 20.8 Å². The first-order valence-electron chi connectivity index (χ1n) is 4.83. The molecule has 0 aliphatic rings. The number of rotatable bonds is 3. The number of carbonyl (C=O) groups is 1. The van der Waals surface area contributed by atoms with Crippen LogP contribution in [0.5, 0.6) is 0 Å². The van der Waals surface area contributed by atoms with Crippen molar-refractivity contribution in [2.75, 3.05) is 0 Å². The van der Waals surface area contributed by atoms with Gasteiger partial charge in [0.15, 0.2) is 5.78 Å². The Labute approximate surface area is 103 Å². The second kappa shape index (κ2) is 4.76. The summed E-state index contributed by atoms with van der Waals surface area (Å²) in [5.74, 6) is 0.108. The Hall–Kier alpha value is -0.190. The molecule has 0 radical (unpaired) electrons. The van der Waals surface area contributed by atoms with E-state index in [2.05, 4.69) is 15.9 Å². The first-order valence-corrected chi connectivity index (χ1v) is 6.44. The monoisotopic (exact) mass is 289 g/mol. The molecule has 0 saturated carbocycles. The van der Waals surface area contributed by atoms with E-state index in [1.807, 2.05) is 32.9 Å².